The number of hydrogen-bond acceptors (Lipinski definition) is 3. The zero-order valence-corrected chi connectivity index (χ0v) is 12.0. The quantitative estimate of drug-likeness (QED) is 0.582. The molecule has 1 heterocycles. The fourth-order valence-corrected chi connectivity index (χ4v) is 3.09. The van der Waals surface area contributed by atoms with Crippen LogP contribution in [0.1, 0.15) is 40.0 Å². The number of likely N-dealkylation sites (tertiary alicyclic amines) is 1. The van der Waals surface area contributed by atoms with Crippen LogP contribution in [0.3, 0.4) is 0 Å². The minimum absolute atomic E-state index is 0.175. The summed E-state index contributed by atoms with van der Waals surface area (Å²) in [4.78, 5) is 25.3. The second kappa shape index (κ2) is 4.66. The number of rotatable bonds is 3. The van der Waals surface area contributed by atoms with Gasteiger partial charge in [-0.25, -0.2) is 4.79 Å². The molecule has 0 aromatic rings. The summed E-state index contributed by atoms with van der Waals surface area (Å²) in [5, 5.41) is 0. The molecule has 4 heteroatoms. The maximum atomic E-state index is 12.1. The Labute approximate surface area is 114 Å². The molecule has 2 aliphatic rings. The van der Waals surface area contributed by atoms with Crippen LogP contribution in [0.4, 0.5) is 4.79 Å². The standard InChI is InChI=1S/C15H23NO3/c1-5-6-15(10-17)7-8-16(12-9-11(12)15)13(18)19-14(2,3)4/h5,10-12H,1,6-9H2,2-4H3. The van der Waals surface area contributed by atoms with E-state index in [2.05, 4.69) is 6.58 Å². The fourth-order valence-electron chi connectivity index (χ4n) is 3.09. The lowest BCUT2D eigenvalue weighted by Gasteiger charge is -2.37. The van der Waals surface area contributed by atoms with Gasteiger partial charge in [0.25, 0.3) is 0 Å². The summed E-state index contributed by atoms with van der Waals surface area (Å²) < 4.78 is 5.41. The van der Waals surface area contributed by atoms with E-state index in [4.69, 9.17) is 4.74 Å². The summed E-state index contributed by atoms with van der Waals surface area (Å²) in [7, 11) is 0. The number of fused-ring (bicyclic) bond motifs is 1. The van der Waals surface area contributed by atoms with Crippen molar-refractivity contribution in [2.45, 2.75) is 51.7 Å². The molecule has 3 unspecified atom stereocenters. The smallest absolute Gasteiger partial charge is 0.410 e. The highest BCUT2D eigenvalue weighted by atomic mass is 16.6. The number of aldehydes is 1. The molecule has 2 fully saturated rings. The van der Waals surface area contributed by atoms with E-state index in [0.717, 1.165) is 12.7 Å². The van der Waals surface area contributed by atoms with Gasteiger partial charge in [0, 0.05) is 18.0 Å². The zero-order valence-electron chi connectivity index (χ0n) is 12.0. The van der Waals surface area contributed by atoms with Crippen molar-refractivity contribution >= 4 is 12.4 Å². The average Bonchev–Trinajstić information content (AvgIpc) is 3.07. The van der Waals surface area contributed by atoms with Crippen LogP contribution >= 0.6 is 0 Å². The lowest BCUT2D eigenvalue weighted by atomic mass is 9.76. The average molecular weight is 265 g/mol. The predicted octanol–water partition coefficient (Wildman–Crippen LogP) is 2.78. The van der Waals surface area contributed by atoms with Crippen molar-refractivity contribution in [3.05, 3.63) is 12.7 Å². The maximum absolute atomic E-state index is 12.1. The van der Waals surface area contributed by atoms with Gasteiger partial charge >= 0.3 is 6.09 Å². The number of carbonyl (C=O) groups excluding carboxylic acids is 2. The normalized spacial score (nSPS) is 33.3. The molecule has 0 N–H and O–H groups in total. The minimum atomic E-state index is -0.470. The van der Waals surface area contributed by atoms with Crippen molar-refractivity contribution in [1.29, 1.82) is 0 Å². The summed E-state index contributed by atoms with van der Waals surface area (Å²) in [5.74, 6) is 0.282. The lowest BCUT2D eigenvalue weighted by molar-refractivity contribution is -0.119. The Bertz CT molecular complexity index is 399. The first kappa shape index (κ1) is 14.1. The monoisotopic (exact) mass is 265 g/mol. The third-order valence-electron chi connectivity index (χ3n) is 4.10. The summed E-state index contributed by atoms with van der Waals surface area (Å²) in [6.07, 6.45) is 4.96. The Morgan fingerprint density at radius 3 is 2.74 bits per heavy atom. The molecule has 106 valence electrons. The third-order valence-corrected chi connectivity index (χ3v) is 4.10. The molecule has 2 rings (SSSR count). The molecule has 1 amide bonds. The molecule has 19 heavy (non-hydrogen) atoms. The Morgan fingerprint density at radius 2 is 2.21 bits per heavy atom. The molecule has 0 bridgehead atoms. The highest BCUT2D eigenvalue weighted by Gasteiger charge is 2.59. The third kappa shape index (κ3) is 2.67. The van der Waals surface area contributed by atoms with Gasteiger partial charge in [-0.15, -0.1) is 6.58 Å². The van der Waals surface area contributed by atoms with Crippen LogP contribution < -0.4 is 0 Å². The summed E-state index contributed by atoms with van der Waals surface area (Å²) >= 11 is 0. The van der Waals surface area contributed by atoms with Gasteiger partial charge in [-0.2, -0.15) is 0 Å². The first-order valence-electron chi connectivity index (χ1n) is 6.90. The number of carbonyl (C=O) groups is 2. The number of amides is 1. The lowest BCUT2D eigenvalue weighted by Crippen LogP contribution is -2.46. The van der Waals surface area contributed by atoms with Crippen molar-refractivity contribution in [2.75, 3.05) is 6.54 Å². The molecule has 0 aromatic carbocycles. The van der Waals surface area contributed by atoms with Gasteiger partial charge in [-0.1, -0.05) is 6.08 Å². The van der Waals surface area contributed by atoms with Crippen LogP contribution in [-0.2, 0) is 9.53 Å². The van der Waals surface area contributed by atoms with Crippen molar-refractivity contribution < 1.29 is 14.3 Å². The highest BCUT2D eigenvalue weighted by Crippen LogP contribution is 2.55. The van der Waals surface area contributed by atoms with E-state index in [1.807, 2.05) is 26.8 Å². The molecule has 0 spiro atoms. The van der Waals surface area contributed by atoms with Crippen LogP contribution in [0.2, 0.25) is 0 Å². The van der Waals surface area contributed by atoms with E-state index in [1.165, 1.54) is 0 Å². The Hall–Kier alpha value is -1.32. The second-order valence-corrected chi connectivity index (χ2v) is 6.68. The first-order valence-corrected chi connectivity index (χ1v) is 6.90. The second-order valence-electron chi connectivity index (χ2n) is 6.68. The van der Waals surface area contributed by atoms with Gasteiger partial charge in [0.2, 0.25) is 0 Å². The summed E-state index contributed by atoms with van der Waals surface area (Å²) in [6, 6.07) is 0.175. The van der Waals surface area contributed by atoms with Crippen LogP contribution in [0, 0.1) is 11.3 Å². The van der Waals surface area contributed by atoms with Gasteiger partial charge in [0.1, 0.15) is 11.9 Å². The van der Waals surface area contributed by atoms with Crippen LogP contribution in [0.25, 0.3) is 0 Å². The largest absolute Gasteiger partial charge is 0.444 e. The van der Waals surface area contributed by atoms with E-state index >= 15 is 0 Å². The van der Waals surface area contributed by atoms with Crippen LogP contribution in [0.5, 0.6) is 0 Å². The van der Waals surface area contributed by atoms with Crippen molar-refractivity contribution in [1.82, 2.24) is 4.90 Å². The Balaban J connectivity index is 2.03. The molecule has 0 aromatic heterocycles. The summed E-state index contributed by atoms with van der Waals surface area (Å²) in [5.41, 5.74) is -0.771. The van der Waals surface area contributed by atoms with E-state index in [0.29, 0.717) is 19.4 Å². The molecular formula is C15H23NO3. The molecule has 0 radical (unpaired) electrons. The molecule has 3 atom stereocenters. The van der Waals surface area contributed by atoms with Crippen molar-refractivity contribution in [3.63, 3.8) is 0 Å². The fraction of sp³-hybridized carbons (Fsp3) is 0.733. The number of piperidine rings is 1. The van der Waals surface area contributed by atoms with Gasteiger partial charge in [-0.05, 0) is 46.0 Å². The molecule has 1 saturated carbocycles. The van der Waals surface area contributed by atoms with E-state index < -0.39 is 5.60 Å². The van der Waals surface area contributed by atoms with Crippen LogP contribution in [0.15, 0.2) is 12.7 Å². The topological polar surface area (TPSA) is 46.6 Å². The number of hydrogen-bond donors (Lipinski definition) is 0. The number of allylic oxidation sites excluding steroid dienone is 1. The van der Waals surface area contributed by atoms with Gasteiger partial charge in [-0.3, -0.25) is 0 Å². The van der Waals surface area contributed by atoms with E-state index in [-0.39, 0.29) is 23.5 Å². The Morgan fingerprint density at radius 1 is 1.53 bits per heavy atom. The molecule has 1 saturated heterocycles. The van der Waals surface area contributed by atoms with E-state index in [1.54, 1.807) is 4.90 Å². The Kier molecular flexibility index (Phi) is 3.45. The van der Waals surface area contributed by atoms with Crippen molar-refractivity contribution in [3.8, 4) is 0 Å². The predicted molar refractivity (Wildman–Crippen MR) is 72.8 cm³/mol. The van der Waals surface area contributed by atoms with E-state index in [9.17, 15) is 9.59 Å². The van der Waals surface area contributed by atoms with Gasteiger partial charge < -0.3 is 14.4 Å². The van der Waals surface area contributed by atoms with Gasteiger partial charge in [0.15, 0.2) is 0 Å². The first-order chi connectivity index (χ1) is 8.83. The number of nitrogens with zero attached hydrogens (tertiary/aromatic N) is 1. The minimum Gasteiger partial charge on any atom is -0.444 e. The molecular weight excluding hydrogens is 242 g/mol. The molecule has 4 nitrogen and oxygen atoms in total. The number of ether oxygens (including phenoxy) is 1. The zero-order chi connectivity index (χ0) is 14.3. The van der Waals surface area contributed by atoms with Crippen molar-refractivity contribution in [2.24, 2.45) is 11.3 Å². The SMILES string of the molecule is C=CCC1(C=O)CCN(C(=O)OC(C)(C)C)C2CC21. The highest BCUT2D eigenvalue weighted by molar-refractivity contribution is 5.71. The summed E-state index contributed by atoms with van der Waals surface area (Å²) in [6.45, 7) is 9.94. The van der Waals surface area contributed by atoms with Gasteiger partial charge in [0.05, 0.1) is 0 Å². The maximum Gasteiger partial charge on any atom is 0.410 e. The van der Waals surface area contributed by atoms with Crippen LogP contribution in [-0.4, -0.2) is 35.5 Å². The molecule has 1 aliphatic heterocycles. The molecule has 1 aliphatic carbocycles.